The van der Waals surface area contributed by atoms with Gasteiger partial charge < -0.3 is 24.4 Å². The molecule has 4 aliphatic rings. The highest BCUT2D eigenvalue weighted by molar-refractivity contribution is 6.24. The first-order valence-electron chi connectivity index (χ1n) is 18.2. The van der Waals surface area contributed by atoms with Crippen LogP contribution in [0.1, 0.15) is 61.7 Å². The molecule has 2 aromatic carbocycles. The number of allylic oxidation sites excluding steroid dienone is 1. The van der Waals surface area contributed by atoms with E-state index in [4.69, 9.17) is 14.5 Å². The number of likely N-dealkylation sites (tertiary alicyclic amines) is 1. The fourth-order valence-electron chi connectivity index (χ4n) is 7.60. The molecule has 2 aromatic heterocycles. The Kier molecular flexibility index (Phi) is 9.80. The standard InChI is InChI=1S/C39H38N8O8/c48-31-8-2-1-6-28(31)32(49)13-15-44-22-27-19-26(44)23-46(27)34-10-3-5-24(40-34)20-45-21-25(42-43-45)14-16-54-17-18-55-33-9-4-7-29-36(33)39(53)47(38(29)52)30-11-12-35(50)41-37(30)51/h1-10,13,15,21,26-27,30,48H,11-12,14,16-20,22-23H2,(H,41,50,51)/b15-13+/t26-,27-,30?/m1/s1. The average molecular weight is 747 g/mol. The maximum absolute atomic E-state index is 13.2. The molecule has 0 spiro atoms. The molecule has 8 rings (SSSR count). The van der Waals surface area contributed by atoms with Crippen molar-refractivity contribution in [3.63, 3.8) is 0 Å². The molecule has 16 nitrogen and oxygen atoms in total. The van der Waals surface area contributed by atoms with Crippen molar-refractivity contribution in [2.45, 2.75) is 50.4 Å². The van der Waals surface area contributed by atoms with Crippen molar-refractivity contribution in [3.8, 4) is 11.5 Å². The van der Waals surface area contributed by atoms with E-state index < -0.39 is 29.7 Å². The lowest BCUT2D eigenvalue weighted by Gasteiger charge is -2.34. The lowest BCUT2D eigenvalue weighted by molar-refractivity contribution is -0.136. The number of benzene rings is 2. The van der Waals surface area contributed by atoms with Crippen LogP contribution in [0.15, 0.2) is 79.1 Å². The van der Waals surface area contributed by atoms with Crippen molar-refractivity contribution < 1.29 is 38.6 Å². The second kappa shape index (κ2) is 15.1. The van der Waals surface area contributed by atoms with Crippen LogP contribution in [-0.4, -0.2) is 115 Å². The number of ketones is 1. The third-order valence-corrected chi connectivity index (χ3v) is 10.3. The topological polar surface area (TPSA) is 189 Å². The fourth-order valence-corrected chi connectivity index (χ4v) is 7.60. The molecular weight excluding hydrogens is 708 g/mol. The van der Waals surface area contributed by atoms with Gasteiger partial charge in [-0.1, -0.05) is 29.5 Å². The number of rotatable bonds is 14. The first kappa shape index (κ1) is 35.6. The van der Waals surface area contributed by atoms with E-state index in [-0.39, 0.29) is 72.1 Å². The van der Waals surface area contributed by atoms with Crippen LogP contribution in [0, 0.1) is 0 Å². The Hall–Kier alpha value is -6.42. The van der Waals surface area contributed by atoms with Gasteiger partial charge in [-0.15, -0.1) is 5.10 Å². The van der Waals surface area contributed by atoms with Gasteiger partial charge in [-0.2, -0.15) is 0 Å². The normalized spacial score (nSPS) is 20.5. The maximum atomic E-state index is 13.2. The van der Waals surface area contributed by atoms with Crippen LogP contribution in [0.25, 0.3) is 0 Å². The number of nitrogens with zero attached hydrogens (tertiary/aromatic N) is 7. The van der Waals surface area contributed by atoms with Crippen LogP contribution in [-0.2, 0) is 27.3 Å². The summed E-state index contributed by atoms with van der Waals surface area (Å²) >= 11 is 0. The Morgan fingerprint density at radius 1 is 0.927 bits per heavy atom. The number of anilines is 1. The molecule has 4 aliphatic heterocycles. The second-order valence-corrected chi connectivity index (χ2v) is 13.8. The molecule has 16 heteroatoms. The third kappa shape index (κ3) is 7.27. The average Bonchev–Trinajstić information content (AvgIpc) is 3.97. The number of piperazine rings is 1. The number of para-hydroxylation sites is 1. The van der Waals surface area contributed by atoms with Crippen molar-refractivity contribution in [2.24, 2.45) is 0 Å². The van der Waals surface area contributed by atoms with Crippen LogP contribution < -0.4 is 15.0 Å². The highest BCUT2D eigenvalue weighted by Crippen LogP contribution is 2.35. The molecule has 3 fully saturated rings. The van der Waals surface area contributed by atoms with E-state index in [1.165, 1.54) is 18.2 Å². The molecule has 55 heavy (non-hydrogen) atoms. The molecule has 1 unspecified atom stereocenters. The molecule has 4 aromatic rings. The number of piperidine rings is 1. The molecular formula is C39H38N8O8. The Bertz CT molecular complexity index is 2200. The Morgan fingerprint density at radius 2 is 1.78 bits per heavy atom. The minimum Gasteiger partial charge on any atom is -0.507 e. The van der Waals surface area contributed by atoms with Gasteiger partial charge >= 0.3 is 0 Å². The summed E-state index contributed by atoms with van der Waals surface area (Å²) in [5, 5.41) is 20.7. The number of aromatic hydroxyl groups is 1. The van der Waals surface area contributed by atoms with Crippen LogP contribution >= 0.6 is 0 Å². The lowest BCUT2D eigenvalue weighted by Crippen LogP contribution is -2.54. The van der Waals surface area contributed by atoms with E-state index in [9.17, 15) is 29.1 Å². The zero-order valence-electron chi connectivity index (χ0n) is 29.7. The number of fused-ring (bicyclic) bond motifs is 3. The number of ether oxygens (including phenoxy) is 2. The Balaban J connectivity index is 0.780. The van der Waals surface area contributed by atoms with Gasteiger partial charge in [-0.3, -0.25) is 34.2 Å². The molecule has 0 radical (unpaired) electrons. The van der Waals surface area contributed by atoms with Gasteiger partial charge in [0.25, 0.3) is 11.8 Å². The summed E-state index contributed by atoms with van der Waals surface area (Å²) in [5.41, 5.74) is 2.14. The number of imide groups is 2. The number of carbonyl (C=O) groups excluding carboxylic acids is 5. The molecule has 3 atom stereocenters. The van der Waals surface area contributed by atoms with Crippen molar-refractivity contribution >= 4 is 35.2 Å². The van der Waals surface area contributed by atoms with Crippen LogP contribution in [0.5, 0.6) is 11.5 Å². The predicted molar refractivity (Wildman–Crippen MR) is 194 cm³/mol. The fraction of sp³-hybridized carbons (Fsp3) is 0.333. The summed E-state index contributed by atoms with van der Waals surface area (Å²) in [4.78, 5) is 73.2. The summed E-state index contributed by atoms with van der Waals surface area (Å²) in [6.07, 6.45) is 6.83. The van der Waals surface area contributed by atoms with E-state index in [0.717, 1.165) is 41.6 Å². The molecule has 0 saturated carbocycles. The number of amides is 4. The van der Waals surface area contributed by atoms with Gasteiger partial charge in [0.05, 0.1) is 47.8 Å². The number of phenolic OH excluding ortho intramolecular Hbond substituents is 1. The van der Waals surface area contributed by atoms with Gasteiger partial charge in [0.1, 0.15) is 30.0 Å². The van der Waals surface area contributed by atoms with Crippen molar-refractivity contribution in [3.05, 3.63) is 107 Å². The zero-order valence-corrected chi connectivity index (χ0v) is 29.7. The number of phenols is 1. The van der Waals surface area contributed by atoms with Crippen LogP contribution in [0.2, 0.25) is 0 Å². The molecule has 0 aliphatic carbocycles. The van der Waals surface area contributed by atoms with Gasteiger partial charge in [-0.05, 0) is 49.2 Å². The smallest absolute Gasteiger partial charge is 0.266 e. The summed E-state index contributed by atoms with van der Waals surface area (Å²) in [6.45, 7) is 2.72. The van der Waals surface area contributed by atoms with Gasteiger partial charge in [0.2, 0.25) is 11.8 Å². The third-order valence-electron chi connectivity index (χ3n) is 10.3. The first-order chi connectivity index (χ1) is 26.7. The van der Waals surface area contributed by atoms with Gasteiger partial charge in [0.15, 0.2) is 5.78 Å². The first-order valence-corrected chi connectivity index (χ1v) is 18.2. The Morgan fingerprint density at radius 3 is 2.60 bits per heavy atom. The minimum absolute atomic E-state index is 0.0229. The molecule has 3 saturated heterocycles. The molecule has 4 amide bonds. The van der Waals surface area contributed by atoms with Gasteiger partial charge in [-0.25, -0.2) is 9.67 Å². The number of hydrogen-bond acceptors (Lipinski definition) is 13. The van der Waals surface area contributed by atoms with E-state index in [0.29, 0.717) is 19.6 Å². The quantitative estimate of drug-likeness (QED) is 0.0827. The zero-order chi connectivity index (χ0) is 38.1. The summed E-state index contributed by atoms with van der Waals surface area (Å²) < 4.78 is 13.3. The van der Waals surface area contributed by atoms with Crippen molar-refractivity contribution in [1.82, 2.24) is 35.1 Å². The molecule has 6 heterocycles. The summed E-state index contributed by atoms with van der Waals surface area (Å²) in [6, 6.07) is 16.7. The number of hydrogen-bond donors (Lipinski definition) is 2. The largest absolute Gasteiger partial charge is 0.507 e. The highest BCUT2D eigenvalue weighted by Gasteiger charge is 2.46. The predicted octanol–water partition coefficient (Wildman–Crippen LogP) is 2.13. The molecule has 2 bridgehead atoms. The van der Waals surface area contributed by atoms with E-state index in [1.807, 2.05) is 30.6 Å². The second-order valence-electron chi connectivity index (χ2n) is 13.8. The van der Waals surface area contributed by atoms with E-state index in [1.54, 1.807) is 35.0 Å². The maximum Gasteiger partial charge on any atom is 0.266 e. The number of carbonyl (C=O) groups is 5. The van der Waals surface area contributed by atoms with Crippen LogP contribution in [0.4, 0.5) is 5.82 Å². The number of nitrogens with one attached hydrogen (secondary N) is 1. The van der Waals surface area contributed by atoms with Crippen molar-refractivity contribution in [2.75, 3.05) is 37.8 Å². The Labute approximate surface area is 315 Å². The monoisotopic (exact) mass is 746 g/mol. The van der Waals surface area contributed by atoms with Crippen molar-refractivity contribution in [1.29, 1.82) is 0 Å². The molecule has 282 valence electrons. The van der Waals surface area contributed by atoms with E-state index in [2.05, 4.69) is 25.4 Å². The van der Waals surface area contributed by atoms with Gasteiger partial charge in [0, 0.05) is 56.5 Å². The summed E-state index contributed by atoms with van der Waals surface area (Å²) in [7, 11) is 0. The number of pyridine rings is 1. The minimum atomic E-state index is -1.05. The number of aromatic nitrogens is 4. The molecule has 2 N–H and O–H groups in total. The highest BCUT2D eigenvalue weighted by atomic mass is 16.5. The SMILES string of the molecule is O=C1CCC(N2C(=O)c3cccc(OCCOCCc4cn(Cc5cccc(N6C[C@H]7C[C@@H]6CN7/C=C/C(=O)c6ccccc6O)n5)nn4)c3C2=O)C(=O)N1. The van der Waals surface area contributed by atoms with Crippen LogP contribution in [0.3, 0.4) is 0 Å². The van der Waals surface area contributed by atoms with E-state index >= 15 is 0 Å². The lowest BCUT2D eigenvalue weighted by atomic mass is 10.0. The summed E-state index contributed by atoms with van der Waals surface area (Å²) in [5.74, 6) is -1.44.